The number of nitrogens with zero attached hydrogens (tertiary/aromatic N) is 2. The molecule has 0 N–H and O–H groups in total. The van der Waals surface area contributed by atoms with Gasteiger partial charge < -0.3 is 20.2 Å². The summed E-state index contributed by atoms with van der Waals surface area (Å²) in [6, 6.07) is 0. The van der Waals surface area contributed by atoms with Crippen LogP contribution in [0.1, 0.15) is 25.7 Å². The summed E-state index contributed by atoms with van der Waals surface area (Å²) in [7, 11) is 0. The molecule has 0 unspecified atom stereocenters. The van der Waals surface area contributed by atoms with Gasteiger partial charge in [-0.05, 0) is 12.8 Å². The van der Waals surface area contributed by atoms with E-state index in [0.717, 1.165) is 25.9 Å². The Morgan fingerprint density at radius 2 is 1.23 bits per heavy atom. The van der Waals surface area contributed by atoms with Crippen LogP contribution in [0.4, 0.5) is 0 Å². The summed E-state index contributed by atoms with van der Waals surface area (Å²) in [6.45, 7) is 1.53. The first kappa shape index (κ1) is 13.5. The van der Waals surface area contributed by atoms with E-state index in [4.69, 9.17) is 0 Å². The van der Waals surface area contributed by atoms with Crippen LogP contribution >= 0.6 is 0 Å². The van der Waals surface area contributed by atoms with Crippen molar-refractivity contribution in [3.8, 4) is 0 Å². The van der Waals surface area contributed by atoms with Gasteiger partial charge in [0.25, 0.3) is 0 Å². The van der Waals surface area contributed by atoms with Crippen LogP contribution in [0.5, 0.6) is 0 Å². The maximum atomic E-state index is 10.1. The zero-order chi connectivity index (χ0) is 8.81. The van der Waals surface area contributed by atoms with Gasteiger partial charge >= 0.3 is 48.9 Å². The standard InChI is InChI=1S/2C4H7NO.Ba/c2*6-4-2-1-3-5-4;/h2*1-3H2,(H,5,6);/q;;+2/p-2. The van der Waals surface area contributed by atoms with Crippen molar-refractivity contribution in [2.45, 2.75) is 25.7 Å². The van der Waals surface area contributed by atoms with Crippen molar-refractivity contribution in [1.29, 1.82) is 0 Å². The van der Waals surface area contributed by atoms with Crippen LogP contribution < -0.4 is 0 Å². The number of carbonyl (C=O) groups excluding carboxylic acids is 2. The topological polar surface area (TPSA) is 62.3 Å². The Kier molecular flexibility index (Phi) is 8.18. The van der Waals surface area contributed by atoms with Crippen molar-refractivity contribution in [3.05, 3.63) is 10.6 Å². The molecule has 5 heteroatoms. The molecule has 2 heterocycles. The fraction of sp³-hybridized carbons (Fsp3) is 0.750. The Labute approximate surface area is 118 Å². The van der Waals surface area contributed by atoms with Crippen molar-refractivity contribution in [2.75, 3.05) is 13.1 Å². The fourth-order valence-electron chi connectivity index (χ4n) is 1.03. The molecule has 0 spiro atoms. The Hall–Kier alpha value is 0.511. The summed E-state index contributed by atoms with van der Waals surface area (Å²) in [6.07, 6.45) is 3.30. The molecule has 2 fully saturated rings. The van der Waals surface area contributed by atoms with Crippen molar-refractivity contribution in [3.63, 3.8) is 0 Å². The average molecular weight is 306 g/mol. The minimum absolute atomic E-state index is 0. The second kappa shape index (κ2) is 7.87. The molecular formula is C8H12BaN2O2. The smallest absolute Gasteiger partial charge is 0.653 e. The van der Waals surface area contributed by atoms with Gasteiger partial charge in [0.15, 0.2) is 0 Å². The first-order valence-corrected chi connectivity index (χ1v) is 4.20. The Morgan fingerprint density at radius 3 is 1.31 bits per heavy atom. The van der Waals surface area contributed by atoms with Crippen LogP contribution in [0.15, 0.2) is 0 Å². The molecule has 0 radical (unpaired) electrons. The van der Waals surface area contributed by atoms with Gasteiger partial charge in [-0.25, -0.2) is 0 Å². The second-order valence-corrected chi connectivity index (χ2v) is 2.76. The maximum Gasteiger partial charge on any atom is 2.00 e. The number of hydrogen-bond donors (Lipinski definition) is 0. The van der Waals surface area contributed by atoms with E-state index in [1.54, 1.807) is 0 Å². The molecule has 0 atom stereocenters. The third-order valence-corrected chi connectivity index (χ3v) is 1.67. The Bertz CT molecular complexity index is 149. The monoisotopic (exact) mass is 306 g/mol. The van der Waals surface area contributed by atoms with E-state index in [1.807, 2.05) is 0 Å². The minimum Gasteiger partial charge on any atom is -0.653 e. The van der Waals surface area contributed by atoms with E-state index in [9.17, 15) is 9.59 Å². The van der Waals surface area contributed by atoms with E-state index in [-0.39, 0.29) is 60.7 Å². The predicted molar refractivity (Wildman–Crippen MR) is 50.7 cm³/mol. The van der Waals surface area contributed by atoms with Crippen LogP contribution in [-0.2, 0) is 9.59 Å². The van der Waals surface area contributed by atoms with Crippen molar-refractivity contribution >= 4 is 60.7 Å². The molecule has 0 aromatic carbocycles. The molecule has 2 aliphatic heterocycles. The summed E-state index contributed by atoms with van der Waals surface area (Å²) in [5.74, 6) is 0.157. The molecule has 0 aromatic rings. The van der Waals surface area contributed by atoms with Crippen LogP contribution in [0.3, 0.4) is 0 Å². The first-order valence-electron chi connectivity index (χ1n) is 4.20. The zero-order valence-corrected chi connectivity index (χ0v) is 12.1. The molecule has 68 valence electrons. The SMILES string of the molecule is O=C1CCC[N-]1.O=C1CCC[N-]1.[Ba+2]. The summed E-state index contributed by atoms with van der Waals surface area (Å²) in [5.41, 5.74) is 0. The zero-order valence-electron chi connectivity index (χ0n) is 7.66. The second-order valence-electron chi connectivity index (χ2n) is 2.76. The molecule has 0 aliphatic carbocycles. The Morgan fingerprint density at radius 1 is 0.846 bits per heavy atom. The predicted octanol–water partition coefficient (Wildman–Crippen LogP) is 0.980. The van der Waals surface area contributed by atoms with E-state index in [2.05, 4.69) is 10.6 Å². The van der Waals surface area contributed by atoms with Gasteiger partial charge in [-0.15, -0.1) is 13.1 Å². The summed E-state index contributed by atoms with van der Waals surface area (Å²) >= 11 is 0. The molecule has 13 heavy (non-hydrogen) atoms. The summed E-state index contributed by atoms with van der Waals surface area (Å²) < 4.78 is 0. The molecule has 0 saturated carbocycles. The average Bonchev–Trinajstić information content (AvgIpc) is 2.63. The third kappa shape index (κ3) is 6.56. The van der Waals surface area contributed by atoms with Gasteiger partial charge in [0.05, 0.1) is 11.8 Å². The fourth-order valence-corrected chi connectivity index (χ4v) is 1.03. The van der Waals surface area contributed by atoms with Gasteiger partial charge in [-0.2, -0.15) is 0 Å². The molecule has 4 nitrogen and oxygen atoms in total. The molecule has 0 aromatic heterocycles. The normalized spacial score (nSPS) is 19.4. The van der Waals surface area contributed by atoms with E-state index < -0.39 is 0 Å². The van der Waals surface area contributed by atoms with Crippen molar-refractivity contribution in [2.24, 2.45) is 0 Å². The number of carbonyl (C=O) groups is 2. The van der Waals surface area contributed by atoms with Crippen LogP contribution in [-0.4, -0.2) is 73.8 Å². The van der Waals surface area contributed by atoms with Gasteiger partial charge in [0.1, 0.15) is 0 Å². The van der Waals surface area contributed by atoms with Crippen LogP contribution in [0.25, 0.3) is 10.6 Å². The third-order valence-electron chi connectivity index (χ3n) is 1.67. The minimum atomic E-state index is 0. The molecule has 2 rings (SSSR count). The van der Waals surface area contributed by atoms with Gasteiger partial charge in [-0.1, -0.05) is 12.8 Å². The van der Waals surface area contributed by atoms with Crippen molar-refractivity contribution < 1.29 is 9.59 Å². The molecule has 2 amide bonds. The summed E-state index contributed by atoms with van der Waals surface area (Å²) in [4.78, 5) is 20.2. The van der Waals surface area contributed by atoms with E-state index in [0.29, 0.717) is 12.8 Å². The molecular weight excluding hydrogens is 293 g/mol. The number of hydrogen-bond acceptors (Lipinski definition) is 2. The summed E-state index contributed by atoms with van der Waals surface area (Å²) in [5, 5.41) is 7.19. The van der Waals surface area contributed by atoms with Gasteiger partial charge in [-0.3, -0.25) is 0 Å². The number of amides is 2. The van der Waals surface area contributed by atoms with E-state index >= 15 is 0 Å². The quantitative estimate of drug-likeness (QED) is 0.626. The van der Waals surface area contributed by atoms with E-state index in [1.165, 1.54) is 0 Å². The molecule has 0 bridgehead atoms. The van der Waals surface area contributed by atoms with Crippen LogP contribution in [0, 0.1) is 0 Å². The molecule has 2 saturated heterocycles. The number of rotatable bonds is 0. The van der Waals surface area contributed by atoms with Gasteiger partial charge in [0, 0.05) is 0 Å². The van der Waals surface area contributed by atoms with Crippen LogP contribution in [0.2, 0.25) is 0 Å². The van der Waals surface area contributed by atoms with Gasteiger partial charge in [0.2, 0.25) is 0 Å². The Balaban J connectivity index is 0.000000206. The first-order chi connectivity index (χ1) is 5.79. The largest absolute Gasteiger partial charge is 2.00 e. The van der Waals surface area contributed by atoms with Crippen molar-refractivity contribution in [1.82, 2.24) is 0 Å². The molecule has 2 aliphatic rings. The maximum absolute atomic E-state index is 10.1.